The zero-order chi connectivity index (χ0) is 9.42. The van der Waals surface area contributed by atoms with Crippen molar-refractivity contribution in [3.05, 3.63) is 38.9 Å². The summed E-state index contributed by atoms with van der Waals surface area (Å²) < 4.78 is 0. The summed E-state index contributed by atoms with van der Waals surface area (Å²) in [5, 5.41) is 9.29. The molecule has 0 fully saturated rings. The largest absolute Gasteiger partial charge is 0.506 e. The van der Waals surface area contributed by atoms with Crippen molar-refractivity contribution in [2.24, 2.45) is 0 Å². The number of aromatic amines is 2. The third kappa shape index (κ3) is 1.58. The van der Waals surface area contributed by atoms with Crippen LogP contribution in [0.25, 0.3) is 11.0 Å². The third-order valence-electron chi connectivity index (χ3n) is 1.74. The second kappa shape index (κ2) is 3.70. The van der Waals surface area contributed by atoms with E-state index in [1.807, 2.05) is 0 Å². The van der Waals surface area contributed by atoms with Crippen molar-refractivity contribution in [3.8, 4) is 5.75 Å². The van der Waals surface area contributed by atoms with Gasteiger partial charge in [-0.3, -0.25) is 9.59 Å². The van der Waals surface area contributed by atoms with Crippen LogP contribution in [0.2, 0.25) is 0 Å². The van der Waals surface area contributed by atoms with Crippen LogP contribution in [-0.2, 0) is 0 Å². The van der Waals surface area contributed by atoms with Crippen molar-refractivity contribution in [1.82, 2.24) is 9.97 Å². The average molecular weight is 205 g/mol. The summed E-state index contributed by atoms with van der Waals surface area (Å²) in [5.74, 6) is -0.0640. The predicted molar refractivity (Wildman–Crippen MR) is 52.6 cm³/mol. The fourth-order valence-corrected chi connectivity index (χ4v) is 1.13. The van der Waals surface area contributed by atoms with E-state index in [0.717, 1.165) is 0 Å². The molecule has 0 aliphatic heterocycles. The number of H-pyrrole nitrogens is 2. The number of aromatic nitrogens is 2. The number of phenols is 1. The van der Waals surface area contributed by atoms with E-state index in [-0.39, 0.29) is 28.6 Å². The molecule has 5 nitrogen and oxygen atoms in total. The van der Waals surface area contributed by atoms with Gasteiger partial charge in [-0.15, -0.1) is 0 Å². The Bertz CT molecular complexity index is 573. The molecule has 0 spiro atoms. The SMILES string of the molecule is O=c1[nH]c2cccc(O)c2[nH]c1=O.[Al]. The Morgan fingerprint density at radius 2 is 1.71 bits per heavy atom. The molecule has 3 N–H and O–H groups in total. The number of hydrogen-bond acceptors (Lipinski definition) is 3. The van der Waals surface area contributed by atoms with E-state index in [2.05, 4.69) is 9.97 Å². The summed E-state index contributed by atoms with van der Waals surface area (Å²) in [7, 11) is 0. The fraction of sp³-hybridized carbons (Fsp3) is 0. The van der Waals surface area contributed by atoms with Gasteiger partial charge in [-0.2, -0.15) is 0 Å². The highest BCUT2D eigenvalue weighted by Gasteiger charge is 2.01. The Morgan fingerprint density at radius 3 is 2.43 bits per heavy atom. The lowest BCUT2D eigenvalue weighted by molar-refractivity contribution is 0.480. The van der Waals surface area contributed by atoms with E-state index in [9.17, 15) is 14.7 Å². The maximum absolute atomic E-state index is 10.9. The second-order valence-corrected chi connectivity index (χ2v) is 2.61. The standard InChI is InChI=1S/C8H6N2O3.Al/c11-5-3-1-2-4-6(5)10-8(13)7(12)9-4;/h1-3,11H,(H,9,12)(H,10,13);. The molecule has 1 aromatic carbocycles. The Kier molecular flexibility index (Phi) is 2.79. The first-order chi connectivity index (χ1) is 6.18. The minimum atomic E-state index is -0.769. The highest BCUT2D eigenvalue weighted by Crippen LogP contribution is 2.17. The van der Waals surface area contributed by atoms with Gasteiger partial charge < -0.3 is 15.1 Å². The second-order valence-electron chi connectivity index (χ2n) is 2.61. The molecular weight excluding hydrogens is 199 g/mol. The minimum Gasteiger partial charge on any atom is -0.506 e. The van der Waals surface area contributed by atoms with Crippen LogP contribution < -0.4 is 11.1 Å². The van der Waals surface area contributed by atoms with Gasteiger partial charge in [0.05, 0.1) is 5.52 Å². The normalized spacial score (nSPS) is 9.71. The van der Waals surface area contributed by atoms with Crippen molar-refractivity contribution in [1.29, 1.82) is 0 Å². The van der Waals surface area contributed by atoms with Gasteiger partial charge >= 0.3 is 11.1 Å². The van der Waals surface area contributed by atoms with Crippen LogP contribution in [-0.4, -0.2) is 32.4 Å². The summed E-state index contributed by atoms with van der Waals surface area (Å²) in [6.07, 6.45) is 0. The van der Waals surface area contributed by atoms with Gasteiger partial charge in [-0.05, 0) is 12.1 Å². The smallest absolute Gasteiger partial charge is 0.314 e. The molecule has 0 saturated heterocycles. The van der Waals surface area contributed by atoms with E-state index in [1.54, 1.807) is 12.1 Å². The number of hydrogen-bond donors (Lipinski definition) is 3. The number of phenolic OH excluding ortho intramolecular Hbond substituents is 1. The minimum absolute atomic E-state index is 0. The zero-order valence-corrected chi connectivity index (χ0v) is 8.23. The van der Waals surface area contributed by atoms with E-state index in [4.69, 9.17) is 0 Å². The molecule has 69 valence electrons. The quantitative estimate of drug-likeness (QED) is 0.402. The lowest BCUT2D eigenvalue weighted by Gasteiger charge is -1.97. The Balaban J connectivity index is 0.000000980. The van der Waals surface area contributed by atoms with Crippen molar-refractivity contribution in [2.75, 3.05) is 0 Å². The monoisotopic (exact) mass is 205 g/mol. The Labute approximate surface area is 88.5 Å². The Hall–Kier alpha value is -1.51. The highest BCUT2D eigenvalue weighted by molar-refractivity contribution is 5.79. The van der Waals surface area contributed by atoms with Gasteiger partial charge in [0.2, 0.25) is 0 Å². The molecule has 2 rings (SSSR count). The number of fused-ring (bicyclic) bond motifs is 1. The number of para-hydroxylation sites is 1. The first kappa shape index (κ1) is 10.6. The van der Waals surface area contributed by atoms with E-state index in [0.29, 0.717) is 5.52 Å². The predicted octanol–water partition coefficient (Wildman–Crippen LogP) is -0.459. The third-order valence-corrected chi connectivity index (χ3v) is 1.74. The summed E-state index contributed by atoms with van der Waals surface area (Å²) in [6, 6.07) is 4.59. The van der Waals surface area contributed by atoms with Crippen molar-refractivity contribution in [3.63, 3.8) is 0 Å². The average Bonchev–Trinajstić information content (AvgIpc) is 2.09. The molecule has 0 aliphatic rings. The van der Waals surface area contributed by atoms with Crippen LogP contribution in [0, 0.1) is 0 Å². The van der Waals surface area contributed by atoms with Gasteiger partial charge in [-0.1, -0.05) is 6.07 Å². The van der Waals surface area contributed by atoms with Crippen molar-refractivity contribution < 1.29 is 5.11 Å². The van der Waals surface area contributed by atoms with Crippen LogP contribution in [0.15, 0.2) is 27.8 Å². The zero-order valence-electron chi connectivity index (χ0n) is 7.07. The molecule has 2 aromatic rings. The molecule has 0 amide bonds. The molecule has 0 aliphatic carbocycles. The highest BCUT2D eigenvalue weighted by atomic mass is 27.0. The van der Waals surface area contributed by atoms with Crippen molar-refractivity contribution >= 4 is 28.4 Å². The van der Waals surface area contributed by atoms with E-state index in [1.165, 1.54) is 6.07 Å². The molecule has 1 aromatic heterocycles. The number of benzene rings is 1. The molecular formula is C8H6AlN2O3. The van der Waals surface area contributed by atoms with E-state index >= 15 is 0 Å². The van der Waals surface area contributed by atoms with Crippen LogP contribution in [0.4, 0.5) is 0 Å². The molecule has 0 atom stereocenters. The first-order valence-corrected chi connectivity index (χ1v) is 3.63. The van der Waals surface area contributed by atoms with Crippen LogP contribution in [0.3, 0.4) is 0 Å². The van der Waals surface area contributed by atoms with Crippen LogP contribution in [0.1, 0.15) is 0 Å². The molecule has 3 radical (unpaired) electrons. The summed E-state index contributed by atoms with van der Waals surface area (Å²) in [6.45, 7) is 0. The van der Waals surface area contributed by atoms with Gasteiger partial charge in [-0.25, -0.2) is 0 Å². The van der Waals surface area contributed by atoms with Gasteiger partial charge in [0.25, 0.3) is 0 Å². The number of rotatable bonds is 0. The van der Waals surface area contributed by atoms with E-state index < -0.39 is 11.1 Å². The maximum Gasteiger partial charge on any atom is 0.314 e. The summed E-state index contributed by atoms with van der Waals surface area (Å²) >= 11 is 0. The lowest BCUT2D eigenvalue weighted by atomic mass is 10.3. The Morgan fingerprint density at radius 1 is 1.07 bits per heavy atom. The molecule has 0 unspecified atom stereocenters. The summed E-state index contributed by atoms with van der Waals surface area (Å²) in [4.78, 5) is 26.4. The molecule has 0 saturated carbocycles. The maximum atomic E-state index is 10.9. The molecule has 14 heavy (non-hydrogen) atoms. The molecule has 0 bridgehead atoms. The summed E-state index contributed by atoms with van der Waals surface area (Å²) in [5.41, 5.74) is -0.844. The van der Waals surface area contributed by atoms with Crippen LogP contribution in [0.5, 0.6) is 5.75 Å². The number of nitrogens with one attached hydrogen (secondary N) is 2. The topological polar surface area (TPSA) is 85.9 Å². The lowest BCUT2D eigenvalue weighted by Crippen LogP contribution is -2.28. The first-order valence-electron chi connectivity index (χ1n) is 3.63. The molecule has 6 heteroatoms. The van der Waals surface area contributed by atoms with Gasteiger partial charge in [0.1, 0.15) is 11.3 Å². The fourth-order valence-electron chi connectivity index (χ4n) is 1.13. The van der Waals surface area contributed by atoms with Crippen LogP contribution >= 0.6 is 0 Å². The number of aromatic hydroxyl groups is 1. The van der Waals surface area contributed by atoms with Crippen molar-refractivity contribution in [2.45, 2.75) is 0 Å². The van der Waals surface area contributed by atoms with Gasteiger partial charge in [0.15, 0.2) is 0 Å². The van der Waals surface area contributed by atoms with Gasteiger partial charge in [0, 0.05) is 17.4 Å². The molecule has 1 heterocycles.